The lowest BCUT2D eigenvalue weighted by atomic mass is 10.0. The molecule has 4 rings (SSSR count). The van der Waals surface area contributed by atoms with Crippen LogP contribution in [-0.4, -0.2) is 39.1 Å². The molecule has 2 aliphatic rings. The number of fused-ring (bicyclic) bond motifs is 1. The molecule has 0 spiro atoms. The molecule has 2 aliphatic heterocycles. The summed E-state index contributed by atoms with van der Waals surface area (Å²) in [6, 6.07) is 5.35. The van der Waals surface area contributed by atoms with Crippen LogP contribution in [0.2, 0.25) is 0 Å². The summed E-state index contributed by atoms with van der Waals surface area (Å²) in [5, 5.41) is 4.71. The van der Waals surface area contributed by atoms with Crippen molar-refractivity contribution in [3.05, 3.63) is 46.6 Å². The zero-order chi connectivity index (χ0) is 23.0. The molecule has 0 bridgehead atoms. The lowest BCUT2D eigenvalue weighted by Gasteiger charge is -2.29. The highest BCUT2D eigenvalue weighted by atomic mass is 32.1. The Hall–Kier alpha value is -3.41. The highest BCUT2D eigenvalue weighted by Crippen LogP contribution is 2.31. The molecule has 1 saturated heterocycles. The van der Waals surface area contributed by atoms with Crippen LogP contribution in [0, 0.1) is 0 Å². The van der Waals surface area contributed by atoms with Crippen LogP contribution in [0.5, 0.6) is 0 Å². The van der Waals surface area contributed by atoms with Crippen LogP contribution in [0.25, 0.3) is 0 Å². The molecule has 0 radical (unpaired) electrons. The number of hydrogen-bond donors (Lipinski definition) is 2. The number of carbonyl (C=O) groups excluding carboxylic acids is 4. The molecule has 0 aliphatic carbocycles. The molecular formula is C20H18F2N4O5S. The molecule has 1 aromatic carbocycles. The summed E-state index contributed by atoms with van der Waals surface area (Å²) in [5.74, 6) is -4.29. The second kappa shape index (κ2) is 8.26. The number of aromatic nitrogens is 1. The summed E-state index contributed by atoms with van der Waals surface area (Å²) in [6.45, 7) is 0.804. The third-order valence-electron chi connectivity index (χ3n) is 5.15. The van der Waals surface area contributed by atoms with Gasteiger partial charge in [0.05, 0.1) is 0 Å². The first-order valence-corrected chi connectivity index (χ1v) is 10.4. The highest BCUT2D eigenvalue weighted by molar-refractivity contribution is 7.10. The van der Waals surface area contributed by atoms with Crippen molar-refractivity contribution in [3.8, 4) is 0 Å². The minimum atomic E-state index is -3.11. The number of amides is 4. The molecular weight excluding hydrogens is 446 g/mol. The maximum absolute atomic E-state index is 13.2. The van der Waals surface area contributed by atoms with Gasteiger partial charge in [0.1, 0.15) is 23.3 Å². The van der Waals surface area contributed by atoms with Crippen LogP contribution < -0.4 is 10.6 Å². The lowest BCUT2D eigenvalue weighted by molar-refractivity contribution is -0.136. The van der Waals surface area contributed by atoms with Crippen molar-refractivity contribution in [3.63, 3.8) is 0 Å². The van der Waals surface area contributed by atoms with E-state index < -0.39 is 29.7 Å². The zero-order valence-electron chi connectivity index (χ0n) is 16.8. The monoisotopic (exact) mass is 464 g/mol. The van der Waals surface area contributed by atoms with E-state index in [1.54, 1.807) is 18.2 Å². The molecule has 1 unspecified atom stereocenters. The predicted molar refractivity (Wildman–Crippen MR) is 108 cm³/mol. The van der Waals surface area contributed by atoms with E-state index in [0.717, 1.165) is 11.6 Å². The van der Waals surface area contributed by atoms with Crippen LogP contribution in [0.4, 0.5) is 18.6 Å². The number of ether oxygens (including phenoxy) is 1. The van der Waals surface area contributed by atoms with Crippen LogP contribution in [0.3, 0.4) is 0 Å². The van der Waals surface area contributed by atoms with Gasteiger partial charge in [-0.1, -0.05) is 12.1 Å². The Kier molecular flexibility index (Phi) is 5.63. The molecule has 168 valence electrons. The number of halogens is 2. The summed E-state index contributed by atoms with van der Waals surface area (Å²) >= 11 is 0.711. The van der Waals surface area contributed by atoms with E-state index in [-0.39, 0.29) is 42.8 Å². The molecule has 2 N–H and O–H groups in total. The summed E-state index contributed by atoms with van der Waals surface area (Å²) in [5.41, 5.74) is 1.22. The summed E-state index contributed by atoms with van der Waals surface area (Å²) in [6.07, 6.45) is -0.414. The third-order valence-corrected chi connectivity index (χ3v) is 5.85. The van der Waals surface area contributed by atoms with E-state index in [9.17, 15) is 28.0 Å². The normalized spacial score (nSPS) is 18.4. The largest absolute Gasteiger partial charge is 0.444 e. The molecule has 1 atom stereocenters. The topological polar surface area (TPSA) is 118 Å². The van der Waals surface area contributed by atoms with Crippen molar-refractivity contribution >= 4 is 40.3 Å². The zero-order valence-corrected chi connectivity index (χ0v) is 17.6. The maximum atomic E-state index is 13.2. The van der Waals surface area contributed by atoms with Crippen molar-refractivity contribution in [2.75, 3.05) is 5.32 Å². The Labute approximate surface area is 184 Å². The minimum Gasteiger partial charge on any atom is -0.444 e. The van der Waals surface area contributed by atoms with Gasteiger partial charge in [0.25, 0.3) is 11.8 Å². The molecule has 32 heavy (non-hydrogen) atoms. The van der Waals surface area contributed by atoms with Gasteiger partial charge in [-0.2, -0.15) is 13.2 Å². The average Bonchev–Trinajstić information content (AvgIpc) is 3.31. The van der Waals surface area contributed by atoms with E-state index in [1.165, 1.54) is 4.90 Å². The number of imide groups is 1. The lowest BCUT2D eigenvalue weighted by Crippen LogP contribution is -2.52. The Bertz CT molecular complexity index is 1110. The molecule has 1 fully saturated rings. The van der Waals surface area contributed by atoms with Gasteiger partial charge in [-0.15, -0.1) is 0 Å². The van der Waals surface area contributed by atoms with Gasteiger partial charge in [0.15, 0.2) is 0 Å². The molecule has 2 aromatic rings. The predicted octanol–water partition coefficient (Wildman–Crippen LogP) is 2.76. The SMILES string of the molecule is CC(F)(F)c1cc(NC(=O)OCc2ccc3c(c2)C(=O)N(C2CCC(=O)NC2=O)C3)sn1. The Balaban J connectivity index is 1.36. The van der Waals surface area contributed by atoms with Crippen LogP contribution in [0.1, 0.15) is 46.9 Å². The second-order valence-electron chi connectivity index (χ2n) is 7.56. The number of alkyl halides is 2. The number of rotatable bonds is 5. The maximum Gasteiger partial charge on any atom is 0.412 e. The molecule has 9 nitrogen and oxygen atoms in total. The van der Waals surface area contributed by atoms with Crippen LogP contribution >= 0.6 is 11.5 Å². The van der Waals surface area contributed by atoms with Crippen molar-refractivity contribution < 1.29 is 32.7 Å². The molecule has 12 heteroatoms. The fraction of sp³-hybridized carbons (Fsp3) is 0.350. The number of nitrogens with zero attached hydrogens (tertiary/aromatic N) is 2. The van der Waals surface area contributed by atoms with E-state index in [2.05, 4.69) is 15.0 Å². The molecule has 1 aromatic heterocycles. The second-order valence-corrected chi connectivity index (χ2v) is 8.36. The smallest absolute Gasteiger partial charge is 0.412 e. The van der Waals surface area contributed by atoms with E-state index >= 15 is 0 Å². The molecule has 0 saturated carbocycles. The highest BCUT2D eigenvalue weighted by Gasteiger charge is 2.39. The van der Waals surface area contributed by atoms with Crippen LogP contribution in [0.15, 0.2) is 24.3 Å². The van der Waals surface area contributed by atoms with Crippen LogP contribution in [-0.2, 0) is 33.4 Å². The number of benzene rings is 1. The summed E-state index contributed by atoms with van der Waals surface area (Å²) in [4.78, 5) is 49.7. The van der Waals surface area contributed by atoms with Crippen molar-refractivity contribution in [2.45, 2.75) is 44.9 Å². The van der Waals surface area contributed by atoms with Gasteiger partial charge in [0.2, 0.25) is 11.8 Å². The minimum absolute atomic E-state index is 0.121. The number of nitrogens with one attached hydrogen (secondary N) is 2. The molecule has 3 heterocycles. The van der Waals surface area contributed by atoms with Gasteiger partial charge in [0, 0.05) is 31.5 Å². The van der Waals surface area contributed by atoms with Gasteiger partial charge < -0.3 is 9.64 Å². The summed E-state index contributed by atoms with van der Waals surface area (Å²) < 4.78 is 35.2. The first-order chi connectivity index (χ1) is 15.1. The van der Waals surface area contributed by atoms with E-state index in [4.69, 9.17) is 4.74 Å². The third kappa shape index (κ3) is 4.44. The van der Waals surface area contributed by atoms with Crippen molar-refractivity contribution in [2.24, 2.45) is 0 Å². The first kappa shape index (κ1) is 21.8. The van der Waals surface area contributed by atoms with Gasteiger partial charge in [-0.25, -0.2) is 4.79 Å². The fourth-order valence-electron chi connectivity index (χ4n) is 3.52. The van der Waals surface area contributed by atoms with E-state index in [1.807, 2.05) is 0 Å². The van der Waals surface area contributed by atoms with Gasteiger partial charge in [-0.05, 0) is 35.1 Å². The number of hydrogen-bond acceptors (Lipinski definition) is 7. The Morgan fingerprint density at radius 2 is 2.12 bits per heavy atom. The quantitative estimate of drug-likeness (QED) is 0.657. The average molecular weight is 464 g/mol. The van der Waals surface area contributed by atoms with Crippen molar-refractivity contribution in [1.82, 2.24) is 14.6 Å². The Morgan fingerprint density at radius 3 is 2.81 bits per heavy atom. The number of piperidine rings is 1. The molecule has 4 amide bonds. The first-order valence-electron chi connectivity index (χ1n) is 9.67. The van der Waals surface area contributed by atoms with E-state index in [0.29, 0.717) is 29.6 Å². The fourth-order valence-corrected chi connectivity index (χ4v) is 4.22. The van der Waals surface area contributed by atoms with Gasteiger partial charge >= 0.3 is 6.09 Å². The standard InChI is InChI=1S/C20H18F2N4O5S/c1-20(21,22)14-7-16(32-25-14)24-19(30)31-9-10-2-3-11-8-26(18(29)12(11)6-10)13-4-5-15(27)23-17(13)28/h2-3,6-7,13H,4-5,8-9H2,1H3,(H,24,30)(H,23,27,28). The number of carbonyl (C=O) groups is 4. The van der Waals surface area contributed by atoms with Crippen molar-refractivity contribution in [1.29, 1.82) is 0 Å². The summed E-state index contributed by atoms with van der Waals surface area (Å²) in [7, 11) is 0. The van der Waals surface area contributed by atoms with Gasteiger partial charge in [-0.3, -0.25) is 25.0 Å². The Morgan fingerprint density at radius 1 is 1.34 bits per heavy atom. The number of anilines is 1.